The fourth-order valence-electron chi connectivity index (χ4n) is 3.33. The highest BCUT2D eigenvalue weighted by atomic mass is 35.5. The highest BCUT2D eigenvalue weighted by molar-refractivity contribution is 6.31. The highest BCUT2D eigenvalue weighted by Gasteiger charge is 2.29. The number of urea groups is 1. The molecule has 0 aliphatic carbocycles. The first-order chi connectivity index (χ1) is 13.0. The smallest absolute Gasteiger partial charge is 0.321 e. The van der Waals surface area contributed by atoms with Crippen molar-refractivity contribution in [2.75, 3.05) is 18.4 Å². The number of likely N-dealkylation sites (tertiary alicyclic amines) is 1. The fourth-order valence-corrected chi connectivity index (χ4v) is 3.63. The first-order valence-corrected chi connectivity index (χ1v) is 9.58. The minimum Gasteiger partial charge on any atom is -0.349 e. The molecule has 2 unspecified atom stereocenters. The average Bonchev–Trinajstić information content (AvgIpc) is 2.69. The number of carbonyl (C=O) groups is 2. The average molecular weight is 386 g/mol. The Kier molecular flexibility index (Phi) is 6.35. The number of para-hydroxylation sites is 1. The number of amides is 3. The summed E-state index contributed by atoms with van der Waals surface area (Å²) in [5, 5.41) is 6.55. The lowest BCUT2D eigenvalue weighted by atomic mass is 9.96. The topological polar surface area (TPSA) is 61.4 Å². The maximum atomic E-state index is 12.7. The molecule has 0 saturated carbocycles. The zero-order valence-corrected chi connectivity index (χ0v) is 16.1. The van der Waals surface area contributed by atoms with Gasteiger partial charge in [-0.3, -0.25) is 4.79 Å². The quantitative estimate of drug-likeness (QED) is 0.816. The number of hydrogen-bond donors (Lipinski definition) is 2. The Hall–Kier alpha value is -2.53. The van der Waals surface area contributed by atoms with Crippen LogP contribution < -0.4 is 10.6 Å². The highest BCUT2D eigenvalue weighted by Crippen LogP contribution is 2.24. The van der Waals surface area contributed by atoms with E-state index < -0.39 is 0 Å². The van der Waals surface area contributed by atoms with Gasteiger partial charge in [-0.25, -0.2) is 4.79 Å². The predicted octanol–water partition coefficient (Wildman–Crippen LogP) is 4.46. The number of nitrogens with one attached hydrogen (secondary N) is 2. The van der Waals surface area contributed by atoms with Crippen molar-refractivity contribution in [1.82, 2.24) is 10.2 Å². The third-order valence-corrected chi connectivity index (χ3v) is 5.18. The maximum Gasteiger partial charge on any atom is 0.321 e. The summed E-state index contributed by atoms with van der Waals surface area (Å²) >= 11 is 6.22. The third kappa shape index (κ3) is 5.01. The Morgan fingerprint density at radius 2 is 1.81 bits per heavy atom. The molecule has 2 N–H and O–H groups in total. The Balaban J connectivity index is 1.58. The molecule has 3 amide bonds. The molecule has 3 rings (SSSR count). The minimum absolute atomic E-state index is 0.0420. The Morgan fingerprint density at radius 3 is 2.56 bits per heavy atom. The van der Waals surface area contributed by atoms with Crippen LogP contribution in [0.4, 0.5) is 10.5 Å². The van der Waals surface area contributed by atoms with Crippen LogP contribution in [0.15, 0.2) is 54.6 Å². The summed E-state index contributed by atoms with van der Waals surface area (Å²) in [5.74, 6) is -0.259. The van der Waals surface area contributed by atoms with Gasteiger partial charge in [0.2, 0.25) is 5.91 Å². The van der Waals surface area contributed by atoms with E-state index in [2.05, 4.69) is 10.6 Å². The second-order valence-electron chi connectivity index (χ2n) is 6.83. The van der Waals surface area contributed by atoms with E-state index in [0.717, 1.165) is 24.1 Å². The molecule has 1 fully saturated rings. The molecule has 0 bridgehead atoms. The largest absolute Gasteiger partial charge is 0.349 e. The molecule has 1 aliphatic rings. The molecule has 0 radical (unpaired) electrons. The van der Waals surface area contributed by atoms with E-state index in [1.165, 1.54) is 0 Å². The fraction of sp³-hybridized carbons (Fsp3) is 0.333. The minimum atomic E-state index is -0.217. The van der Waals surface area contributed by atoms with Gasteiger partial charge in [0.1, 0.15) is 0 Å². The first-order valence-electron chi connectivity index (χ1n) is 9.20. The molecule has 2 atom stereocenters. The lowest BCUT2D eigenvalue weighted by molar-refractivity contribution is -0.126. The summed E-state index contributed by atoms with van der Waals surface area (Å²) in [4.78, 5) is 26.9. The molecule has 27 heavy (non-hydrogen) atoms. The lowest BCUT2D eigenvalue weighted by Gasteiger charge is -2.32. The Labute approximate surface area is 164 Å². The van der Waals surface area contributed by atoms with Crippen molar-refractivity contribution in [3.05, 3.63) is 65.2 Å². The summed E-state index contributed by atoms with van der Waals surface area (Å²) in [6.45, 7) is 2.99. The molecule has 5 nitrogen and oxygen atoms in total. The number of piperidine rings is 1. The van der Waals surface area contributed by atoms with Crippen molar-refractivity contribution < 1.29 is 9.59 Å². The molecule has 142 valence electrons. The standard InChI is InChI=1S/C21H24ClN3O2/c1-15(18-11-5-6-12-19(18)22)23-20(26)16-8-7-13-25(14-16)21(27)24-17-9-3-2-4-10-17/h2-6,9-12,15-16H,7-8,13-14H2,1H3,(H,23,26)(H,24,27). The van der Waals surface area contributed by atoms with Gasteiger partial charge < -0.3 is 15.5 Å². The van der Waals surface area contributed by atoms with Crippen LogP contribution in [0.25, 0.3) is 0 Å². The van der Waals surface area contributed by atoms with E-state index in [0.29, 0.717) is 18.1 Å². The molecule has 1 heterocycles. The van der Waals surface area contributed by atoms with Gasteiger partial charge in [-0.15, -0.1) is 0 Å². The molecule has 0 aromatic heterocycles. The summed E-state index contributed by atoms with van der Waals surface area (Å²) in [7, 11) is 0. The van der Waals surface area contributed by atoms with E-state index in [1.807, 2.05) is 61.5 Å². The van der Waals surface area contributed by atoms with Crippen molar-refractivity contribution in [2.45, 2.75) is 25.8 Å². The van der Waals surface area contributed by atoms with Gasteiger partial charge in [0.25, 0.3) is 0 Å². The normalized spacial score (nSPS) is 17.9. The summed E-state index contributed by atoms with van der Waals surface area (Å²) in [6.07, 6.45) is 1.58. The molecule has 6 heteroatoms. The Morgan fingerprint density at radius 1 is 1.11 bits per heavy atom. The maximum absolute atomic E-state index is 12.7. The van der Waals surface area contributed by atoms with Crippen LogP contribution in [0.1, 0.15) is 31.4 Å². The number of hydrogen-bond acceptors (Lipinski definition) is 2. The van der Waals surface area contributed by atoms with Gasteiger partial charge in [0.15, 0.2) is 0 Å². The van der Waals surface area contributed by atoms with E-state index in [9.17, 15) is 9.59 Å². The molecule has 2 aromatic carbocycles. The zero-order valence-electron chi connectivity index (χ0n) is 15.3. The molecular formula is C21H24ClN3O2. The van der Waals surface area contributed by atoms with Gasteiger partial charge in [-0.1, -0.05) is 48.0 Å². The van der Waals surface area contributed by atoms with E-state index >= 15 is 0 Å². The van der Waals surface area contributed by atoms with Crippen LogP contribution in [0.2, 0.25) is 5.02 Å². The first kappa shape index (κ1) is 19.2. The zero-order chi connectivity index (χ0) is 19.2. The summed E-state index contributed by atoms with van der Waals surface area (Å²) in [5.41, 5.74) is 1.64. The second-order valence-corrected chi connectivity index (χ2v) is 7.24. The van der Waals surface area contributed by atoms with Crippen molar-refractivity contribution in [2.24, 2.45) is 5.92 Å². The van der Waals surface area contributed by atoms with Crippen molar-refractivity contribution in [1.29, 1.82) is 0 Å². The number of nitrogens with zero attached hydrogens (tertiary/aromatic N) is 1. The molecule has 0 spiro atoms. The van der Waals surface area contributed by atoms with Crippen LogP contribution in [-0.4, -0.2) is 29.9 Å². The molecular weight excluding hydrogens is 362 g/mol. The molecule has 2 aromatic rings. The summed E-state index contributed by atoms with van der Waals surface area (Å²) < 4.78 is 0. The van der Waals surface area contributed by atoms with Crippen molar-refractivity contribution in [3.63, 3.8) is 0 Å². The lowest BCUT2D eigenvalue weighted by Crippen LogP contribution is -2.47. The number of rotatable bonds is 4. The number of halogens is 1. The van der Waals surface area contributed by atoms with E-state index in [4.69, 9.17) is 11.6 Å². The number of anilines is 1. The molecule has 1 aliphatic heterocycles. The Bertz CT molecular complexity index is 797. The SMILES string of the molecule is CC(NC(=O)C1CCCN(C(=O)Nc2ccccc2)C1)c1ccccc1Cl. The van der Waals surface area contributed by atoms with Gasteiger partial charge >= 0.3 is 6.03 Å². The third-order valence-electron chi connectivity index (χ3n) is 4.83. The number of benzene rings is 2. The van der Waals surface area contributed by atoms with Gasteiger partial charge in [-0.05, 0) is 43.5 Å². The number of carbonyl (C=O) groups excluding carboxylic acids is 2. The van der Waals surface area contributed by atoms with E-state index in [-0.39, 0.29) is 23.9 Å². The van der Waals surface area contributed by atoms with Crippen molar-refractivity contribution in [3.8, 4) is 0 Å². The summed E-state index contributed by atoms with van der Waals surface area (Å²) in [6, 6.07) is 16.5. The second kappa shape index (κ2) is 8.91. The van der Waals surface area contributed by atoms with E-state index in [1.54, 1.807) is 4.90 Å². The van der Waals surface area contributed by atoms with Crippen LogP contribution in [0.5, 0.6) is 0 Å². The van der Waals surface area contributed by atoms with Gasteiger partial charge in [-0.2, -0.15) is 0 Å². The van der Waals surface area contributed by atoms with Gasteiger partial charge in [0.05, 0.1) is 12.0 Å². The van der Waals surface area contributed by atoms with Crippen LogP contribution in [0.3, 0.4) is 0 Å². The molecule has 1 saturated heterocycles. The van der Waals surface area contributed by atoms with Crippen molar-refractivity contribution >= 4 is 29.2 Å². The van der Waals surface area contributed by atoms with Gasteiger partial charge in [0, 0.05) is 23.8 Å². The van der Waals surface area contributed by atoms with Crippen LogP contribution >= 0.6 is 11.6 Å². The predicted molar refractivity (Wildman–Crippen MR) is 108 cm³/mol. The van der Waals surface area contributed by atoms with Crippen LogP contribution in [-0.2, 0) is 4.79 Å². The van der Waals surface area contributed by atoms with Crippen LogP contribution in [0, 0.1) is 5.92 Å². The monoisotopic (exact) mass is 385 g/mol.